The Labute approximate surface area is 116 Å². The molecule has 0 aromatic heterocycles. The fraction of sp³-hybridized carbons (Fsp3) is 0.0769. The van der Waals surface area contributed by atoms with Crippen LogP contribution >= 0.6 is 27.5 Å². The molecule has 0 saturated carbocycles. The predicted molar refractivity (Wildman–Crippen MR) is 69.6 cm³/mol. The van der Waals surface area contributed by atoms with Gasteiger partial charge in [0, 0.05) is 20.6 Å². The minimum Gasteiger partial charge on any atom is -0.384 e. The van der Waals surface area contributed by atoms with Crippen molar-refractivity contribution >= 4 is 27.5 Å². The van der Waals surface area contributed by atoms with Crippen LogP contribution in [0.4, 0.5) is 8.78 Å². The van der Waals surface area contributed by atoms with Gasteiger partial charge in [0.15, 0.2) is 11.6 Å². The molecule has 18 heavy (non-hydrogen) atoms. The van der Waals surface area contributed by atoms with Gasteiger partial charge in [0.1, 0.15) is 6.10 Å². The lowest BCUT2D eigenvalue weighted by Crippen LogP contribution is -2.05. The SMILES string of the molecule is OC(c1cc(Cl)ccc1Br)c1cccc(F)c1F. The molecule has 0 amide bonds. The van der Waals surface area contributed by atoms with Crippen LogP contribution in [0.1, 0.15) is 17.2 Å². The topological polar surface area (TPSA) is 20.2 Å². The van der Waals surface area contributed by atoms with Crippen molar-refractivity contribution in [2.45, 2.75) is 6.10 Å². The summed E-state index contributed by atoms with van der Waals surface area (Å²) < 4.78 is 27.3. The summed E-state index contributed by atoms with van der Waals surface area (Å²) in [6.45, 7) is 0. The number of hydrogen-bond donors (Lipinski definition) is 1. The van der Waals surface area contributed by atoms with Gasteiger partial charge in [-0.05, 0) is 24.3 Å². The van der Waals surface area contributed by atoms with E-state index in [-0.39, 0.29) is 5.56 Å². The number of halogens is 4. The normalized spacial score (nSPS) is 12.5. The molecule has 0 aliphatic heterocycles. The van der Waals surface area contributed by atoms with E-state index in [4.69, 9.17) is 11.6 Å². The van der Waals surface area contributed by atoms with Crippen LogP contribution in [0.15, 0.2) is 40.9 Å². The van der Waals surface area contributed by atoms with E-state index in [0.717, 1.165) is 6.07 Å². The fourth-order valence-electron chi connectivity index (χ4n) is 1.62. The first kappa shape index (κ1) is 13.5. The fourth-order valence-corrected chi connectivity index (χ4v) is 2.27. The predicted octanol–water partition coefficient (Wildman–Crippen LogP) is 4.46. The second-order valence-electron chi connectivity index (χ2n) is 3.71. The van der Waals surface area contributed by atoms with Crippen LogP contribution in [0, 0.1) is 11.6 Å². The zero-order valence-electron chi connectivity index (χ0n) is 9.00. The summed E-state index contributed by atoms with van der Waals surface area (Å²) in [6.07, 6.45) is -1.28. The molecule has 0 aliphatic rings. The average molecular weight is 334 g/mol. The Morgan fingerprint density at radius 3 is 2.56 bits per heavy atom. The molecule has 1 unspecified atom stereocenters. The molecule has 0 saturated heterocycles. The molecule has 1 nitrogen and oxygen atoms in total. The van der Waals surface area contributed by atoms with Crippen LogP contribution in [0.3, 0.4) is 0 Å². The molecular weight excluding hydrogens is 325 g/mol. The van der Waals surface area contributed by atoms with E-state index in [1.165, 1.54) is 18.2 Å². The van der Waals surface area contributed by atoms with Crippen LogP contribution in [0.25, 0.3) is 0 Å². The van der Waals surface area contributed by atoms with Crippen molar-refractivity contribution in [1.29, 1.82) is 0 Å². The molecule has 0 aliphatic carbocycles. The van der Waals surface area contributed by atoms with Crippen LogP contribution < -0.4 is 0 Å². The molecule has 0 spiro atoms. The highest BCUT2D eigenvalue weighted by Crippen LogP contribution is 2.32. The van der Waals surface area contributed by atoms with Gasteiger partial charge in [-0.2, -0.15) is 0 Å². The second-order valence-corrected chi connectivity index (χ2v) is 5.00. The molecule has 1 N–H and O–H groups in total. The first-order chi connectivity index (χ1) is 8.50. The molecular formula is C13H8BrClF2O. The summed E-state index contributed by atoms with van der Waals surface area (Å²) >= 11 is 9.06. The molecule has 2 aromatic rings. The van der Waals surface area contributed by atoms with Gasteiger partial charge in [-0.1, -0.05) is 39.7 Å². The molecule has 2 aromatic carbocycles. The Bertz CT molecular complexity index is 587. The summed E-state index contributed by atoms with van der Waals surface area (Å²) in [5, 5.41) is 10.5. The summed E-state index contributed by atoms with van der Waals surface area (Å²) in [5.74, 6) is -2.05. The minimum atomic E-state index is -1.28. The number of rotatable bonds is 2. The number of aliphatic hydroxyl groups excluding tert-OH is 1. The van der Waals surface area contributed by atoms with Crippen LogP contribution in [0.2, 0.25) is 5.02 Å². The lowest BCUT2D eigenvalue weighted by atomic mass is 10.0. The van der Waals surface area contributed by atoms with Crippen molar-refractivity contribution in [2.75, 3.05) is 0 Å². The Morgan fingerprint density at radius 2 is 1.83 bits per heavy atom. The first-order valence-electron chi connectivity index (χ1n) is 5.07. The lowest BCUT2D eigenvalue weighted by molar-refractivity contribution is 0.212. The van der Waals surface area contributed by atoms with E-state index in [2.05, 4.69) is 15.9 Å². The summed E-state index contributed by atoms with van der Waals surface area (Å²) in [7, 11) is 0. The molecule has 94 valence electrons. The van der Waals surface area contributed by atoms with Crippen molar-refractivity contribution in [3.63, 3.8) is 0 Å². The zero-order chi connectivity index (χ0) is 13.3. The van der Waals surface area contributed by atoms with E-state index in [1.807, 2.05) is 0 Å². The Morgan fingerprint density at radius 1 is 1.11 bits per heavy atom. The monoisotopic (exact) mass is 332 g/mol. The highest BCUT2D eigenvalue weighted by Gasteiger charge is 2.19. The van der Waals surface area contributed by atoms with Crippen LogP contribution in [0.5, 0.6) is 0 Å². The Kier molecular flexibility index (Phi) is 4.00. The number of hydrogen-bond acceptors (Lipinski definition) is 1. The van der Waals surface area contributed by atoms with Gasteiger partial charge in [0.25, 0.3) is 0 Å². The van der Waals surface area contributed by atoms with Gasteiger partial charge < -0.3 is 5.11 Å². The maximum absolute atomic E-state index is 13.6. The molecule has 2 rings (SSSR count). The van der Waals surface area contributed by atoms with Crippen molar-refractivity contribution in [2.24, 2.45) is 0 Å². The molecule has 0 fully saturated rings. The standard InChI is InChI=1S/C13H8BrClF2O/c14-10-5-4-7(15)6-9(10)13(18)8-2-1-3-11(16)12(8)17/h1-6,13,18H. The third-order valence-corrected chi connectivity index (χ3v) is 3.49. The number of aliphatic hydroxyl groups is 1. The van der Waals surface area contributed by atoms with Gasteiger partial charge in [-0.3, -0.25) is 0 Å². The molecule has 0 heterocycles. The molecule has 0 radical (unpaired) electrons. The van der Waals surface area contributed by atoms with Crippen molar-refractivity contribution < 1.29 is 13.9 Å². The van der Waals surface area contributed by atoms with Gasteiger partial charge in [-0.25, -0.2) is 8.78 Å². The third kappa shape index (κ3) is 2.55. The molecule has 0 bridgehead atoms. The number of benzene rings is 2. The van der Waals surface area contributed by atoms with Crippen molar-refractivity contribution in [3.05, 3.63) is 68.7 Å². The van der Waals surface area contributed by atoms with E-state index in [0.29, 0.717) is 15.1 Å². The smallest absolute Gasteiger partial charge is 0.164 e. The minimum absolute atomic E-state index is 0.127. The second kappa shape index (κ2) is 5.34. The summed E-state index contributed by atoms with van der Waals surface area (Å²) in [4.78, 5) is 0. The van der Waals surface area contributed by atoms with Crippen molar-refractivity contribution in [1.82, 2.24) is 0 Å². The maximum Gasteiger partial charge on any atom is 0.164 e. The molecule has 5 heteroatoms. The Balaban J connectivity index is 2.51. The van der Waals surface area contributed by atoms with Gasteiger partial charge in [0.05, 0.1) is 0 Å². The van der Waals surface area contributed by atoms with Crippen LogP contribution in [-0.2, 0) is 0 Å². The highest BCUT2D eigenvalue weighted by atomic mass is 79.9. The van der Waals surface area contributed by atoms with E-state index in [9.17, 15) is 13.9 Å². The van der Waals surface area contributed by atoms with Gasteiger partial charge >= 0.3 is 0 Å². The highest BCUT2D eigenvalue weighted by molar-refractivity contribution is 9.10. The Hall–Kier alpha value is -0.970. The van der Waals surface area contributed by atoms with E-state index in [1.54, 1.807) is 12.1 Å². The third-order valence-electron chi connectivity index (χ3n) is 2.53. The summed E-state index contributed by atoms with van der Waals surface area (Å²) in [6, 6.07) is 8.44. The summed E-state index contributed by atoms with van der Waals surface area (Å²) in [5.41, 5.74) is 0.255. The van der Waals surface area contributed by atoms with Crippen molar-refractivity contribution in [3.8, 4) is 0 Å². The lowest BCUT2D eigenvalue weighted by Gasteiger charge is -2.14. The van der Waals surface area contributed by atoms with Gasteiger partial charge in [0.2, 0.25) is 0 Å². The van der Waals surface area contributed by atoms with Gasteiger partial charge in [-0.15, -0.1) is 0 Å². The first-order valence-corrected chi connectivity index (χ1v) is 6.24. The zero-order valence-corrected chi connectivity index (χ0v) is 11.3. The quantitative estimate of drug-likeness (QED) is 0.860. The largest absolute Gasteiger partial charge is 0.384 e. The molecule has 1 atom stereocenters. The average Bonchev–Trinajstić information content (AvgIpc) is 2.35. The van der Waals surface area contributed by atoms with E-state index < -0.39 is 17.7 Å². The maximum atomic E-state index is 13.6. The van der Waals surface area contributed by atoms with E-state index >= 15 is 0 Å². The van der Waals surface area contributed by atoms with Crippen LogP contribution in [-0.4, -0.2) is 5.11 Å².